The minimum atomic E-state index is -1.00. The highest BCUT2D eigenvalue weighted by molar-refractivity contribution is 5.96. The molecular weight excluding hydrogens is 294 g/mol. The number of hydrogen-bond donors (Lipinski definition) is 1. The van der Waals surface area contributed by atoms with Crippen LogP contribution in [0.1, 0.15) is 49.9 Å². The van der Waals surface area contributed by atoms with E-state index in [0.29, 0.717) is 29.8 Å². The molecule has 1 aromatic heterocycles. The number of ether oxygens (including phenoxy) is 1. The lowest BCUT2D eigenvalue weighted by atomic mass is 10.1. The van der Waals surface area contributed by atoms with E-state index < -0.39 is 5.97 Å². The lowest BCUT2D eigenvalue weighted by Crippen LogP contribution is -2.20. The number of aryl methyl sites for hydroxylation is 1. The third-order valence-electron chi connectivity index (χ3n) is 3.74. The monoisotopic (exact) mass is 317 g/mol. The Kier molecular flexibility index (Phi) is 5.79. The molecule has 0 radical (unpaired) electrons. The number of pyridine rings is 1. The molecule has 0 saturated carbocycles. The summed E-state index contributed by atoms with van der Waals surface area (Å²) in [7, 11) is 0. The zero-order valence-corrected chi connectivity index (χ0v) is 13.7. The number of aromatic carboxylic acids is 1. The number of fused-ring (bicyclic) bond motifs is 1. The van der Waals surface area contributed by atoms with Crippen LogP contribution in [0.15, 0.2) is 29.1 Å². The van der Waals surface area contributed by atoms with E-state index in [1.54, 1.807) is 16.7 Å². The second-order valence-corrected chi connectivity index (χ2v) is 5.60. The molecule has 0 spiro atoms. The molecule has 23 heavy (non-hydrogen) atoms. The van der Waals surface area contributed by atoms with Crippen molar-refractivity contribution in [3.05, 3.63) is 40.2 Å². The van der Waals surface area contributed by atoms with E-state index in [2.05, 4.69) is 6.92 Å². The molecule has 1 heterocycles. The maximum absolute atomic E-state index is 12.3. The van der Waals surface area contributed by atoms with Gasteiger partial charge in [-0.25, -0.2) is 4.79 Å². The Balaban J connectivity index is 2.61. The van der Waals surface area contributed by atoms with E-state index in [0.717, 1.165) is 25.7 Å². The van der Waals surface area contributed by atoms with Crippen LogP contribution >= 0.6 is 0 Å². The number of aromatic nitrogens is 1. The second-order valence-electron chi connectivity index (χ2n) is 5.60. The normalized spacial score (nSPS) is 10.9. The molecule has 0 aliphatic heterocycles. The molecule has 0 bridgehead atoms. The van der Waals surface area contributed by atoms with E-state index in [-0.39, 0.29) is 11.1 Å². The number of carboxylic acid groups (broad SMARTS) is 1. The van der Waals surface area contributed by atoms with Gasteiger partial charge in [0.2, 0.25) is 0 Å². The van der Waals surface area contributed by atoms with E-state index in [1.807, 2.05) is 6.92 Å². The van der Waals surface area contributed by atoms with E-state index in [9.17, 15) is 14.7 Å². The molecule has 0 saturated heterocycles. The minimum absolute atomic E-state index is 0.0852. The summed E-state index contributed by atoms with van der Waals surface area (Å²) in [5.74, 6) is -0.534. The summed E-state index contributed by atoms with van der Waals surface area (Å²) in [4.78, 5) is 23.6. The fourth-order valence-electron chi connectivity index (χ4n) is 2.59. The third-order valence-corrected chi connectivity index (χ3v) is 3.74. The van der Waals surface area contributed by atoms with E-state index >= 15 is 0 Å². The summed E-state index contributed by atoms with van der Waals surface area (Å²) >= 11 is 0. The highest BCUT2D eigenvalue weighted by atomic mass is 16.5. The van der Waals surface area contributed by atoms with Crippen LogP contribution in [0.25, 0.3) is 10.9 Å². The van der Waals surface area contributed by atoms with Crippen LogP contribution in [0.2, 0.25) is 0 Å². The van der Waals surface area contributed by atoms with Gasteiger partial charge in [-0.05, 0) is 31.0 Å². The molecule has 2 rings (SSSR count). The predicted molar refractivity (Wildman–Crippen MR) is 90.5 cm³/mol. The first-order chi connectivity index (χ1) is 11.1. The Morgan fingerprint density at radius 1 is 1.17 bits per heavy atom. The van der Waals surface area contributed by atoms with Crippen molar-refractivity contribution < 1.29 is 14.6 Å². The predicted octanol–water partition coefficient (Wildman–Crippen LogP) is 3.68. The molecule has 0 aliphatic carbocycles. The molecule has 1 aromatic carbocycles. The fraction of sp³-hybridized carbons (Fsp3) is 0.444. The summed E-state index contributed by atoms with van der Waals surface area (Å²) in [6.07, 6.45) is 3.83. The molecule has 0 atom stereocenters. The van der Waals surface area contributed by atoms with Crippen LogP contribution in [-0.2, 0) is 6.54 Å². The van der Waals surface area contributed by atoms with Crippen LogP contribution in [-0.4, -0.2) is 22.2 Å². The zero-order valence-electron chi connectivity index (χ0n) is 13.7. The SMILES string of the molecule is CCCCCn1c(=O)ccc2cc(C(=O)O)cc(OCCC)c21. The third kappa shape index (κ3) is 3.92. The Morgan fingerprint density at radius 3 is 2.61 bits per heavy atom. The average molecular weight is 317 g/mol. The van der Waals surface area contributed by atoms with Gasteiger partial charge in [0.1, 0.15) is 5.75 Å². The standard InChI is InChI=1S/C18H23NO4/c1-3-5-6-9-19-16(20)8-7-13-11-14(18(21)22)12-15(17(13)19)23-10-4-2/h7-8,11-12H,3-6,9-10H2,1-2H3,(H,21,22). The van der Waals surface area contributed by atoms with Gasteiger partial charge < -0.3 is 14.4 Å². The van der Waals surface area contributed by atoms with Crippen molar-refractivity contribution in [1.82, 2.24) is 4.57 Å². The number of carbonyl (C=O) groups is 1. The molecule has 2 aromatic rings. The summed E-state index contributed by atoms with van der Waals surface area (Å²) in [6.45, 7) is 5.19. The molecule has 124 valence electrons. The number of rotatable bonds is 8. The van der Waals surface area contributed by atoms with Gasteiger partial charge >= 0.3 is 5.97 Å². The maximum Gasteiger partial charge on any atom is 0.335 e. The molecule has 0 amide bonds. The lowest BCUT2D eigenvalue weighted by molar-refractivity contribution is 0.0696. The number of hydrogen-bond acceptors (Lipinski definition) is 3. The van der Waals surface area contributed by atoms with Crippen LogP contribution in [0.3, 0.4) is 0 Å². The van der Waals surface area contributed by atoms with Crippen molar-refractivity contribution >= 4 is 16.9 Å². The maximum atomic E-state index is 12.3. The van der Waals surface area contributed by atoms with Crippen molar-refractivity contribution in [2.75, 3.05) is 6.61 Å². The van der Waals surface area contributed by atoms with Crippen molar-refractivity contribution in [2.45, 2.75) is 46.1 Å². The van der Waals surface area contributed by atoms with Gasteiger partial charge in [-0.2, -0.15) is 0 Å². The van der Waals surface area contributed by atoms with E-state index in [4.69, 9.17) is 4.74 Å². The smallest absolute Gasteiger partial charge is 0.335 e. The fourth-order valence-corrected chi connectivity index (χ4v) is 2.59. The number of benzene rings is 1. The number of unbranched alkanes of at least 4 members (excludes halogenated alkanes) is 2. The van der Waals surface area contributed by atoms with Gasteiger partial charge in [0, 0.05) is 18.0 Å². The van der Waals surface area contributed by atoms with E-state index in [1.165, 1.54) is 12.1 Å². The van der Waals surface area contributed by atoms with Gasteiger partial charge in [0.05, 0.1) is 17.7 Å². The molecule has 1 N–H and O–H groups in total. The molecular formula is C18H23NO4. The first kappa shape index (κ1) is 17.1. The summed E-state index contributed by atoms with van der Waals surface area (Å²) in [5, 5.41) is 9.98. The average Bonchev–Trinajstić information content (AvgIpc) is 2.54. The van der Waals surface area contributed by atoms with Gasteiger partial charge in [0.15, 0.2) is 0 Å². The Labute approximate surface area is 135 Å². The largest absolute Gasteiger partial charge is 0.491 e. The Morgan fingerprint density at radius 2 is 1.96 bits per heavy atom. The summed E-state index contributed by atoms with van der Waals surface area (Å²) in [6, 6.07) is 6.26. The lowest BCUT2D eigenvalue weighted by Gasteiger charge is -2.15. The first-order valence-electron chi connectivity index (χ1n) is 8.12. The highest BCUT2D eigenvalue weighted by Crippen LogP contribution is 2.27. The molecule has 0 fully saturated rings. The molecule has 0 aliphatic rings. The summed E-state index contributed by atoms with van der Waals surface area (Å²) < 4.78 is 7.43. The van der Waals surface area contributed by atoms with Crippen LogP contribution < -0.4 is 10.3 Å². The zero-order chi connectivity index (χ0) is 16.8. The minimum Gasteiger partial charge on any atom is -0.491 e. The van der Waals surface area contributed by atoms with Crippen LogP contribution in [0, 0.1) is 0 Å². The van der Waals surface area contributed by atoms with Crippen molar-refractivity contribution in [3.63, 3.8) is 0 Å². The van der Waals surface area contributed by atoms with Gasteiger partial charge in [-0.15, -0.1) is 0 Å². The number of carboxylic acids is 1. The van der Waals surface area contributed by atoms with Gasteiger partial charge in [-0.1, -0.05) is 26.7 Å². The van der Waals surface area contributed by atoms with Crippen molar-refractivity contribution in [1.29, 1.82) is 0 Å². The van der Waals surface area contributed by atoms with Crippen molar-refractivity contribution in [3.8, 4) is 5.75 Å². The topological polar surface area (TPSA) is 68.5 Å². The van der Waals surface area contributed by atoms with Gasteiger partial charge in [-0.3, -0.25) is 4.79 Å². The van der Waals surface area contributed by atoms with Crippen molar-refractivity contribution in [2.24, 2.45) is 0 Å². The highest BCUT2D eigenvalue weighted by Gasteiger charge is 2.14. The van der Waals surface area contributed by atoms with Gasteiger partial charge in [0.25, 0.3) is 5.56 Å². The van der Waals surface area contributed by atoms with Crippen LogP contribution in [0.5, 0.6) is 5.75 Å². The Bertz CT molecular complexity index is 749. The van der Waals surface area contributed by atoms with Crippen LogP contribution in [0.4, 0.5) is 0 Å². The quantitative estimate of drug-likeness (QED) is 0.754. The second kappa shape index (κ2) is 7.81. The molecule has 0 unspecified atom stereocenters. The molecule has 5 nitrogen and oxygen atoms in total. The first-order valence-corrected chi connectivity index (χ1v) is 8.12. The number of nitrogens with zero attached hydrogens (tertiary/aromatic N) is 1. The summed E-state index contributed by atoms with van der Waals surface area (Å²) in [5.41, 5.74) is 0.771. The molecule has 5 heteroatoms. The Hall–Kier alpha value is -2.30.